The molecular formula is C20H17ClN2O3. The number of hydrogen-bond donors (Lipinski definition) is 2. The normalized spacial score (nSPS) is 16.6. The highest BCUT2D eigenvalue weighted by molar-refractivity contribution is 6.30. The Kier molecular flexibility index (Phi) is 3.96. The molecule has 1 atom stereocenters. The van der Waals surface area contributed by atoms with Crippen molar-refractivity contribution in [2.45, 2.75) is 26.3 Å². The molecule has 2 aromatic carbocycles. The fourth-order valence-corrected chi connectivity index (χ4v) is 3.59. The lowest BCUT2D eigenvalue weighted by Gasteiger charge is -2.13. The Balaban J connectivity index is 1.75. The van der Waals surface area contributed by atoms with Crippen LogP contribution >= 0.6 is 11.6 Å². The molecule has 1 aliphatic heterocycles. The van der Waals surface area contributed by atoms with E-state index in [2.05, 4.69) is 10.5 Å². The Hall–Kier alpha value is -2.79. The molecule has 26 heavy (non-hydrogen) atoms. The average Bonchev–Trinajstić information content (AvgIpc) is 3.04. The first-order valence-corrected chi connectivity index (χ1v) is 8.67. The van der Waals surface area contributed by atoms with E-state index in [1.807, 2.05) is 31.2 Å². The van der Waals surface area contributed by atoms with Gasteiger partial charge in [-0.1, -0.05) is 23.7 Å². The quantitative estimate of drug-likeness (QED) is 0.664. The number of halogens is 1. The lowest BCUT2D eigenvalue weighted by Crippen LogP contribution is -2.10. The Morgan fingerprint density at radius 1 is 1.19 bits per heavy atom. The van der Waals surface area contributed by atoms with Crippen LogP contribution in [0.5, 0.6) is 5.75 Å². The number of benzene rings is 2. The molecule has 2 heterocycles. The summed E-state index contributed by atoms with van der Waals surface area (Å²) >= 11 is 5.95. The van der Waals surface area contributed by atoms with Crippen LogP contribution in [0.3, 0.4) is 0 Å². The summed E-state index contributed by atoms with van der Waals surface area (Å²) in [6, 6.07) is 10.8. The van der Waals surface area contributed by atoms with Crippen LogP contribution in [0.4, 0.5) is 0 Å². The molecule has 0 amide bonds. The lowest BCUT2D eigenvalue weighted by molar-refractivity contribution is 0.476. The summed E-state index contributed by atoms with van der Waals surface area (Å²) in [6.07, 6.45) is 0.636. The molecule has 0 radical (unpaired) electrons. The SMILES string of the molecule is Cc1cc2oc(=O)cc(C)c2c(O)c1C1=NN[C@@H](c2ccc(Cl)cc2)C1. The highest BCUT2D eigenvalue weighted by Crippen LogP contribution is 2.36. The van der Waals surface area contributed by atoms with Crippen LogP contribution in [0.15, 0.2) is 50.7 Å². The number of hydrazone groups is 1. The van der Waals surface area contributed by atoms with Gasteiger partial charge in [0, 0.05) is 23.1 Å². The smallest absolute Gasteiger partial charge is 0.336 e. The van der Waals surface area contributed by atoms with Crippen molar-refractivity contribution in [1.82, 2.24) is 5.43 Å². The van der Waals surface area contributed by atoms with E-state index in [9.17, 15) is 9.90 Å². The summed E-state index contributed by atoms with van der Waals surface area (Å²) in [4.78, 5) is 11.6. The zero-order valence-corrected chi connectivity index (χ0v) is 15.1. The van der Waals surface area contributed by atoms with Gasteiger partial charge in [-0.25, -0.2) is 4.79 Å². The van der Waals surface area contributed by atoms with E-state index >= 15 is 0 Å². The number of aryl methyl sites for hydroxylation is 2. The van der Waals surface area contributed by atoms with Gasteiger partial charge in [0.2, 0.25) is 0 Å². The predicted molar refractivity (Wildman–Crippen MR) is 102 cm³/mol. The molecule has 4 rings (SSSR count). The van der Waals surface area contributed by atoms with Crippen molar-refractivity contribution >= 4 is 28.3 Å². The second kappa shape index (κ2) is 6.18. The third-order valence-corrected chi connectivity index (χ3v) is 4.97. The summed E-state index contributed by atoms with van der Waals surface area (Å²) in [5.41, 5.74) is 7.09. The maximum Gasteiger partial charge on any atom is 0.336 e. The number of rotatable bonds is 2. The fourth-order valence-electron chi connectivity index (χ4n) is 3.47. The van der Waals surface area contributed by atoms with Crippen LogP contribution in [0, 0.1) is 13.8 Å². The van der Waals surface area contributed by atoms with Crippen molar-refractivity contribution in [3.63, 3.8) is 0 Å². The summed E-state index contributed by atoms with van der Waals surface area (Å²) in [7, 11) is 0. The maximum atomic E-state index is 11.6. The minimum Gasteiger partial charge on any atom is -0.506 e. The molecular weight excluding hydrogens is 352 g/mol. The van der Waals surface area contributed by atoms with Gasteiger partial charge in [0.1, 0.15) is 11.3 Å². The summed E-state index contributed by atoms with van der Waals surface area (Å²) in [5.74, 6) is 0.0959. The molecule has 0 bridgehead atoms. The maximum absolute atomic E-state index is 11.6. The van der Waals surface area contributed by atoms with E-state index < -0.39 is 5.63 Å². The van der Waals surface area contributed by atoms with Crippen LogP contribution in [-0.2, 0) is 0 Å². The zero-order valence-electron chi connectivity index (χ0n) is 14.3. The molecule has 2 N–H and O–H groups in total. The van der Waals surface area contributed by atoms with Crippen LogP contribution in [0.2, 0.25) is 5.02 Å². The molecule has 0 unspecified atom stereocenters. The number of nitrogens with one attached hydrogen (secondary N) is 1. The minimum absolute atomic E-state index is 0.0200. The molecule has 1 aromatic heterocycles. The van der Waals surface area contributed by atoms with Gasteiger partial charge in [-0.3, -0.25) is 0 Å². The Labute approximate surface area is 154 Å². The van der Waals surface area contributed by atoms with Gasteiger partial charge in [0.25, 0.3) is 0 Å². The second-order valence-corrected chi connectivity index (χ2v) is 6.97. The largest absolute Gasteiger partial charge is 0.506 e. The molecule has 6 heteroatoms. The van der Waals surface area contributed by atoms with E-state index in [1.54, 1.807) is 13.0 Å². The van der Waals surface area contributed by atoms with E-state index in [0.29, 0.717) is 33.5 Å². The first-order chi connectivity index (χ1) is 12.4. The molecule has 0 spiro atoms. The first-order valence-electron chi connectivity index (χ1n) is 8.29. The summed E-state index contributed by atoms with van der Waals surface area (Å²) < 4.78 is 5.24. The van der Waals surface area contributed by atoms with Crippen LogP contribution < -0.4 is 11.1 Å². The number of aromatic hydroxyl groups is 1. The number of hydrogen-bond acceptors (Lipinski definition) is 5. The Morgan fingerprint density at radius 3 is 2.65 bits per heavy atom. The van der Waals surface area contributed by atoms with Gasteiger partial charge in [-0.15, -0.1) is 0 Å². The Morgan fingerprint density at radius 2 is 1.92 bits per heavy atom. The molecule has 1 aliphatic rings. The van der Waals surface area contributed by atoms with E-state index in [-0.39, 0.29) is 11.8 Å². The molecule has 0 fully saturated rings. The van der Waals surface area contributed by atoms with Crippen molar-refractivity contribution in [1.29, 1.82) is 0 Å². The van der Waals surface area contributed by atoms with Crippen molar-refractivity contribution in [2.24, 2.45) is 5.10 Å². The monoisotopic (exact) mass is 368 g/mol. The molecule has 5 nitrogen and oxygen atoms in total. The number of phenolic OH excluding ortho intramolecular Hbond substituents is 1. The third-order valence-electron chi connectivity index (χ3n) is 4.71. The van der Waals surface area contributed by atoms with Crippen LogP contribution in [0.1, 0.15) is 34.7 Å². The highest BCUT2D eigenvalue weighted by Gasteiger charge is 2.26. The van der Waals surface area contributed by atoms with Gasteiger partial charge < -0.3 is 14.9 Å². The first kappa shape index (κ1) is 16.7. The number of nitrogens with zero attached hydrogens (tertiary/aromatic N) is 1. The third kappa shape index (κ3) is 2.74. The molecule has 3 aromatic rings. The van der Waals surface area contributed by atoms with Crippen molar-refractivity contribution in [3.8, 4) is 5.75 Å². The van der Waals surface area contributed by atoms with Gasteiger partial charge >= 0.3 is 5.63 Å². The van der Waals surface area contributed by atoms with Crippen molar-refractivity contribution < 1.29 is 9.52 Å². The minimum atomic E-state index is -0.427. The topological polar surface area (TPSA) is 74.8 Å². The van der Waals surface area contributed by atoms with Crippen molar-refractivity contribution in [2.75, 3.05) is 0 Å². The zero-order chi connectivity index (χ0) is 18.4. The van der Waals surface area contributed by atoms with E-state index in [1.165, 1.54) is 6.07 Å². The summed E-state index contributed by atoms with van der Waals surface area (Å²) in [6.45, 7) is 3.65. The van der Waals surface area contributed by atoms with Crippen LogP contribution in [-0.4, -0.2) is 10.8 Å². The Bertz CT molecular complexity index is 1100. The molecule has 0 aliphatic carbocycles. The van der Waals surface area contributed by atoms with Crippen molar-refractivity contribution in [3.05, 3.63) is 74.1 Å². The second-order valence-electron chi connectivity index (χ2n) is 6.53. The van der Waals surface area contributed by atoms with Crippen LogP contribution in [0.25, 0.3) is 11.0 Å². The lowest BCUT2D eigenvalue weighted by atomic mass is 9.93. The van der Waals surface area contributed by atoms with Gasteiger partial charge in [0.15, 0.2) is 0 Å². The van der Waals surface area contributed by atoms with Gasteiger partial charge in [0.05, 0.1) is 17.1 Å². The molecule has 132 valence electrons. The standard InChI is InChI=1S/C20H17ClN2O3/c1-10-7-16-19(11(2)8-17(24)26-16)20(25)18(10)15-9-14(22-23-15)12-3-5-13(21)6-4-12/h3-8,14,22,25H,9H2,1-2H3/t14-/m1/s1. The van der Waals surface area contributed by atoms with E-state index in [4.69, 9.17) is 16.0 Å². The summed E-state index contributed by atoms with van der Waals surface area (Å²) in [5, 5.41) is 16.5. The number of phenols is 1. The highest BCUT2D eigenvalue weighted by atomic mass is 35.5. The molecule has 0 saturated heterocycles. The predicted octanol–water partition coefficient (Wildman–Crippen LogP) is 4.21. The molecule has 0 saturated carbocycles. The fraction of sp³-hybridized carbons (Fsp3) is 0.200. The van der Waals surface area contributed by atoms with Gasteiger partial charge in [-0.2, -0.15) is 5.10 Å². The average molecular weight is 369 g/mol. The van der Waals surface area contributed by atoms with Gasteiger partial charge in [-0.05, 0) is 48.7 Å². The van der Waals surface area contributed by atoms with E-state index in [0.717, 1.165) is 16.8 Å². The number of fused-ring (bicyclic) bond motifs is 1.